The topological polar surface area (TPSA) is 127 Å². The third-order valence-electron chi connectivity index (χ3n) is 3.06. The van der Waals surface area contributed by atoms with Gasteiger partial charge < -0.3 is 20.5 Å². The second-order valence-electron chi connectivity index (χ2n) is 5.07. The minimum Gasteiger partial charge on any atom is -0.481 e. The van der Waals surface area contributed by atoms with E-state index in [1.54, 1.807) is 18.2 Å². The van der Waals surface area contributed by atoms with Crippen LogP contribution in [0.2, 0.25) is 0 Å². The Hall–Kier alpha value is -2.88. The van der Waals surface area contributed by atoms with Gasteiger partial charge in [0.2, 0.25) is 5.91 Å². The first-order valence-electron chi connectivity index (χ1n) is 7.30. The molecule has 1 aromatic carbocycles. The summed E-state index contributed by atoms with van der Waals surface area (Å²) in [5.74, 6) is -0.332. The lowest BCUT2D eigenvalue weighted by atomic mass is 10.2. The number of amides is 1. The number of nitro groups is 1. The molecule has 0 aliphatic rings. The highest BCUT2D eigenvalue weighted by Crippen LogP contribution is 2.17. The Morgan fingerprint density at radius 1 is 1.36 bits per heavy atom. The molecule has 2 rings (SSSR count). The van der Waals surface area contributed by atoms with Gasteiger partial charge in [-0.2, -0.15) is 16.4 Å². The van der Waals surface area contributed by atoms with Crippen LogP contribution >= 0.6 is 11.8 Å². The Bertz CT molecular complexity index is 777. The quantitative estimate of drug-likeness (QED) is 0.396. The zero-order valence-corrected chi connectivity index (χ0v) is 13.9. The van der Waals surface area contributed by atoms with Crippen molar-refractivity contribution in [2.75, 3.05) is 11.1 Å². The van der Waals surface area contributed by atoms with Crippen molar-refractivity contribution in [1.29, 1.82) is 0 Å². The fraction of sp³-hybridized carbons (Fsp3) is 0.267. The van der Waals surface area contributed by atoms with Crippen molar-refractivity contribution in [2.24, 2.45) is 0 Å². The number of nitrogens with one attached hydrogen (secondary N) is 1. The molecule has 0 atom stereocenters. The van der Waals surface area contributed by atoms with Crippen LogP contribution in [0, 0.1) is 10.1 Å². The maximum atomic E-state index is 12.0. The highest BCUT2D eigenvalue weighted by molar-refractivity contribution is 7.98. The summed E-state index contributed by atoms with van der Waals surface area (Å²) in [6.07, 6.45) is 1.48. The van der Waals surface area contributed by atoms with Crippen molar-refractivity contribution in [3.63, 3.8) is 0 Å². The molecule has 0 bridgehead atoms. The number of nitrogens with zero attached hydrogens (tertiary/aromatic N) is 3. The van der Waals surface area contributed by atoms with Crippen molar-refractivity contribution in [2.45, 2.75) is 18.7 Å². The van der Waals surface area contributed by atoms with Crippen molar-refractivity contribution in [3.8, 4) is 0 Å². The number of aliphatic carboxylic acids is 1. The van der Waals surface area contributed by atoms with E-state index in [9.17, 15) is 19.7 Å². The summed E-state index contributed by atoms with van der Waals surface area (Å²) in [5, 5.41) is 25.6. The Labute approximate surface area is 147 Å². The van der Waals surface area contributed by atoms with Gasteiger partial charge in [-0.15, -0.1) is 0 Å². The van der Waals surface area contributed by atoms with E-state index in [1.807, 2.05) is 6.07 Å². The summed E-state index contributed by atoms with van der Waals surface area (Å²) in [6.45, 7) is -0.134. The van der Waals surface area contributed by atoms with Gasteiger partial charge in [0.15, 0.2) is 0 Å². The summed E-state index contributed by atoms with van der Waals surface area (Å²) < 4.78 is 1.19. The molecule has 132 valence electrons. The first kappa shape index (κ1) is 18.5. The number of rotatable bonds is 9. The lowest BCUT2D eigenvalue weighted by Gasteiger charge is -2.07. The summed E-state index contributed by atoms with van der Waals surface area (Å²) in [5.41, 5.74) is 1.56. The second kappa shape index (κ2) is 8.83. The average Bonchev–Trinajstić information content (AvgIpc) is 3.00. The molecule has 1 heterocycles. The van der Waals surface area contributed by atoms with Gasteiger partial charge in [0.05, 0.1) is 23.8 Å². The standard InChI is InChI=1S/C15H16N4O5S/c20-14(9-18-6-4-13(17-18)19(23)24)16-12-3-1-2-11(8-12)10-25-7-5-15(21)22/h1-4,6,8H,5,7,9-10H2,(H,16,20)(H,21,22). The van der Waals surface area contributed by atoms with Crippen molar-refractivity contribution < 1.29 is 19.6 Å². The highest BCUT2D eigenvalue weighted by Gasteiger charge is 2.13. The first-order valence-corrected chi connectivity index (χ1v) is 8.45. The Morgan fingerprint density at radius 2 is 2.16 bits per heavy atom. The number of carbonyl (C=O) groups excluding carboxylic acids is 1. The van der Waals surface area contributed by atoms with E-state index in [1.165, 1.54) is 28.7 Å². The van der Waals surface area contributed by atoms with E-state index in [2.05, 4.69) is 10.4 Å². The predicted molar refractivity (Wildman–Crippen MR) is 92.4 cm³/mol. The van der Waals surface area contributed by atoms with Gasteiger partial charge in [0.25, 0.3) is 0 Å². The number of hydrogen-bond acceptors (Lipinski definition) is 6. The molecule has 10 heteroatoms. The van der Waals surface area contributed by atoms with Crippen LogP contribution in [-0.2, 0) is 21.9 Å². The maximum absolute atomic E-state index is 12.0. The molecule has 0 saturated carbocycles. The van der Waals surface area contributed by atoms with Gasteiger partial charge in [-0.25, -0.2) is 0 Å². The molecule has 0 aliphatic carbocycles. The molecule has 2 aromatic rings. The molecular formula is C15H16N4O5S. The van der Waals surface area contributed by atoms with Crippen LogP contribution in [0.25, 0.3) is 0 Å². The van der Waals surface area contributed by atoms with Crippen molar-refractivity contribution in [3.05, 3.63) is 52.2 Å². The van der Waals surface area contributed by atoms with Crippen LogP contribution in [0.4, 0.5) is 11.5 Å². The van der Waals surface area contributed by atoms with Crippen LogP contribution in [-0.4, -0.2) is 37.4 Å². The second-order valence-corrected chi connectivity index (χ2v) is 6.18. The summed E-state index contributed by atoms with van der Waals surface area (Å²) in [7, 11) is 0. The van der Waals surface area contributed by atoms with Gasteiger partial charge in [-0.1, -0.05) is 12.1 Å². The number of benzene rings is 1. The largest absolute Gasteiger partial charge is 0.481 e. The van der Waals surface area contributed by atoms with E-state index >= 15 is 0 Å². The Balaban J connectivity index is 1.86. The van der Waals surface area contributed by atoms with Crippen LogP contribution in [0.3, 0.4) is 0 Å². The number of aromatic nitrogens is 2. The molecule has 9 nitrogen and oxygen atoms in total. The van der Waals surface area contributed by atoms with Crippen molar-refractivity contribution >= 4 is 35.1 Å². The van der Waals surface area contributed by atoms with Crippen LogP contribution in [0.15, 0.2) is 36.5 Å². The fourth-order valence-electron chi connectivity index (χ4n) is 1.97. The molecule has 25 heavy (non-hydrogen) atoms. The number of carboxylic acid groups (broad SMARTS) is 1. The SMILES string of the molecule is O=C(O)CCSCc1cccc(NC(=O)Cn2ccc([N+](=O)[O-])n2)c1. The number of thioether (sulfide) groups is 1. The highest BCUT2D eigenvalue weighted by atomic mass is 32.2. The van der Waals surface area contributed by atoms with E-state index in [4.69, 9.17) is 5.11 Å². The summed E-state index contributed by atoms with van der Waals surface area (Å²) >= 11 is 1.50. The summed E-state index contributed by atoms with van der Waals surface area (Å²) in [6, 6.07) is 8.44. The van der Waals surface area contributed by atoms with E-state index in [-0.39, 0.29) is 24.7 Å². The molecule has 0 spiro atoms. The Morgan fingerprint density at radius 3 is 2.84 bits per heavy atom. The molecule has 0 saturated heterocycles. The molecule has 0 radical (unpaired) electrons. The number of carboxylic acids is 1. The van der Waals surface area contributed by atoms with Crippen molar-refractivity contribution in [1.82, 2.24) is 9.78 Å². The minimum absolute atomic E-state index is 0.108. The molecule has 0 unspecified atom stereocenters. The number of anilines is 1. The molecular weight excluding hydrogens is 348 g/mol. The number of hydrogen-bond donors (Lipinski definition) is 2. The smallest absolute Gasteiger partial charge is 0.389 e. The average molecular weight is 364 g/mol. The molecule has 0 fully saturated rings. The van der Waals surface area contributed by atoms with Gasteiger partial charge in [0.1, 0.15) is 6.54 Å². The number of carbonyl (C=O) groups is 2. The third-order valence-corrected chi connectivity index (χ3v) is 4.09. The molecule has 0 aliphatic heterocycles. The van der Waals surface area contributed by atoms with Gasteiger partial charge in [-0.05, 0) is 22.6 Å². The van der Waals surface area contributed by atoms with Crippen LogP contribution in [0.1, 0.15) is 12.0 Å². The molecule has 1 aromatic heterocycles. The van der Waals surface area contributed by atoms with Crippen LogP contribution < -0.4 is 5.32 Å². The normalized spacial score (nSPS) is 10.4. The lowest BCUT2D eigenvalue weighted by Crippen LogP contribution is -2.19. The fourth-order valence-corrected chi connectivity index (χ4v) is 2.85. The minimum atomic E-state index is -0.827. The van der Waals surface area contributed by atoms with Crippen LogP contribution in [0.5, 0.6) is 0 Å². The third kappa shape index (κ3) is 6.26. The lowest BCUT2D eigenvalue weighted by molar-refractivity contribution is -0.389. The van der Waals surface area contributed by atoms with Gasteiger partial charge in [0, 0.05) is 17.2 Å². The predicted octanol–water partition coefficient (Wildman–Crippen LogP) is 2.14. The summed E-state index contributed by atoms with van der Waals surface area (Å²) in [4.78, 5) is 32.4. The zero-order chi connectivity index (χ0) is 18.2. The van der Waals surface area contributed by atoms with E-state index in [0.717, 1.165) is 5.56 Å². The van der Waals surface area contributed by atoms with E-state index in [0.29, 0.717) is 17.2 Å². The maximum Gasteiger partial charge on any atom is 0.389 e. The Kier molecular flexibility index (Phi) is 6.52. The molecule has 1 amide bonds. The molecule has 2 N–H and O–H groups in total. The monoisotopic (exact) mass is 364 g/mol. The van der Waals surface area contributed by atoms with Gasteiger partial charge in [-0.3, -0.25) is 9.59 Å². The first-order chi connectivity index (χ1) is 11.9. The zero-order valence-electron chi connectivity index (χ0n) is 13.1. The van der Waals surface area contributed by atoms with Gasteiger partial charge >= 0.3 is 11.8 Å². The van der Waals surface area contributed by atoms with E-state index < -0.39 is 10.9 Å².